The molecular weight excluding hydrogens is 230 g/mol. The van der Waals surface area contributed by atoms with Crippen molar-refractivity contribution in [3.05, 3.63) is 23.4 Å². The number of hydrogen-bond acceptors (Lipinski definition) is 4. The summed E-state index contributed by atoms with van der Waals surface area (Å²) in [6.07, 6.45) is 0.0191. The summed E-state index contributed by atoms with van der Waals surface area (Å²) in [4.78, 5) is 16.2. The topological polar surface area (TPSA) is 63.2 Å². The van der Waals surface area contributed by atoms with Gasteiger partial charge in [0.2, 0.25) is 0 Å². The lowest BCUT2D eigenvalue weighted by Gasteiger charge is -2.13. The number of carbonyl (C=O) groups is 1. The summed E-state index contributed by atoms with van der Waals surface area (Å²) in [7, 11) is 1.78. The normalized spacial score (nSPS) is 12.0. The Balaban J connectivity index is 2.63. The first-order valence-corrected chi connectivity index (χ1v) is 6.13. The van der Waals surface area contributed by atoms with Gasteiger partial charge in [0, 0.05) is 31.5 Å². The van der Waals surface area contributed by atoms with Gasteiger partial charge in [0.05, 0.1) is 6.10 Å². The third-order valence-electron chi connectivity index (χ3n) is 2.47. The number of rotatable bonds is 6. The molecule has 2 N–H and O–H groups in total. The molecule has 0 saturated heterocycles. The van der Waals surface area contributed by atoms with Gasteiger partial charge in [0.15, 0.2) is 0 Å². The highest BCUT2D eigenvalue weighted by Crippen LogP contribution is 2.09. The number of amides is 1. The highest BCUT2D eigenvalue weighted by molar-refractivity contribution is 5.95. The molecule has 1 rings (SSSR count). The lowest BCUT2D eigenvalue weighted by molar-refractivity contribution is 0.0695. The lowest BCUT2D eigenvalue weighted by Crippen LogP contribution is -2.32. The summed E-state index contributed by atoms with van der Waals surface area (Å²) in [6, 6.07) is 3.50. The number of hydrogen-bond donors (Lipinski definition) is 2. The first kappa shape index (κ1) is 14.4. The van der Waals surface area contributed by atoms with Crippen molar-refractivity contribution in [3.8, 4) is 0 Å². The number of nitrogens with zero attached hydrogens (tertiary/aromatic N) is 1. The van der Waals surface area contributed by atoms with Crippen LogP contribution in [0, 0.1) is 6.92 Å². The molecule has 0 saturated carbocycles. The maximum Gasteiger partial charge on any atom is 0.251 e. The van der Waals surface area contributed by atoms with Crippen LogP contribution in [-0.2, 0) is 4.74 Å². The van der Waals surface area contributed by atoms with E-state index in [0.29, 0.717) is 24.5 Å². The molecule has 0 aliphatic carbocycles. The Bertz CT molecular complexity index is 407. The molecule has 0 spiro atoms. The van der Waals surface area contributed by atoms with Gasteiger partial charge in [-0.05, 0) is 32.9 Å². The van der Waals surface area contributed by atoms with Crippen LogP contribution in [0.5, 0.6) is 0 Å². The van der Waals surface area contributed by atoms with Crippen molar-refractivity contribution in [1.29, 1.82) is 0 Å². The smallest absolute Gasteiger partial charge is 0.251 e. The molecule has 1 amide bonds. The predicted molar refractivity (Wildman–Crippen MR) is 71.9 cm³/mol. The van der Waals surface area contributed by atoms with Gasteiger partial charge >= 0.3 is 0 Å². The molecule has 0 radical (unpaired) electrons. The van der Waals surface area contributed by atoms with Crippen LogP contribution >= 0.6 is 0 Å². The van der Waals surface area contributed by atoms with E-state index >= 15 is 0 Å². The predicted octanol–water partition coefficient (Wildman–Crippen LogP) is 1.59. The van der Waals surface area contributed by atoms with Crippen LogP contribution in [0.25, 0.3) is 0 Å². The number of aryl methyl sites for hydroxylation is 1. The van der Waals surface area contributed by atoms with Gasteiger partial charge in [0.25, 0.3) is 5.91 Å². The van der Waals surface area contributed by atoms with E-state index in [1.807, 2.05) is 20.8 Å². The van der Waals surface area contributed by atoms with E-state index in [2.05, 4.69) is 15.6 Å². The number of nitrogens with one attached hydrogen (secondary N) is 2. The molecule has 18 heavy (non-hydrogen) atoms. The fraction of sp³-hybridized carbons (Fsp3) is 0.538. The molecule has 5 nitrogen and oxygen atoms in total. The zero-order valence-corrected chi connectivity index (χ0v) is 11.4. The van der Waals surface area contributed by atoms with Crippen LogP contribution in [-0.4, -0.2) is 37.2 Å². The first-order chi connectivity index (χ1) is 8.56. The minimum atomic E-state index is -0.108. The zero-order valence-electron chi connectivity index (χ0n) is 11.4. The number of anilines is 1. The molecule has 0 aliphatic rings. The largest absolute Gasteiger partial charge is 0.377 e. The first-order valence-electron chi connectivity index (χ1n) is 6.13. The highest BCUT2D eigenvalue weighted by atomic mass is 16.5. The second kappa shape index (κ2) is 6.96. The standard InChI is InChI=1S/C13H21N3O2/c1-5-18-10(3)8-15-13(17)11-6-9(2)16-12(7-11)14-4/h6-7,10H,5,8H2,1-4H3,(H,14,16)(H,15,17). The van der Waals surface area contributed by atoms with Crippen molar-refractivity contribution in [2.75, 3.05) is 25.5 Å². The summed E-state index contributed by atoms with van der Waals surface area (Å²) < 4.78 is 5.36. The molecule has 5 heteroatoms. The molecule has 1 aromatic heterocycles. The Hall–Kier alpha value is -1.62. The monoisotopic (exact) mass is 251 g/mol. The van der Waals surface area contributed by atoms with Gasteiger partial charge in [-0.25, -0.2) is 4.98 Å². The summed E-state index contributed by atoms with van der Waals surface area (Å²) in [5.74, 6) is 0.585. The highest BCUT2D eigenvalue weighted by Gasteiger charge is 2.09. The van der Waals surface area contributed by atoms with Gasteiger partial charge in [-0.15, -0.1) is 0 Å². The van der Waals surface area contributed by atoms with Gasteiger partial charge in [-0.3, -0.25) is 4.79 Å². The maximum absolute atomic E-state index is 12.0. The number of ether oxygens (including phenoxy) is 1. The number of aromatic nitrogens is 1. The van der Waals surface area contributed by atoms with Crippen LogP contribution in [0.2, 0.25) is 0 Å². The van der Waals surface area contributed by atoms with Crippen molar-refractivity contribution in [1.82, 2.24) is 10.3 Å². The Morgan fingerprint density at radius 3 is 2.83 bits per heavy atom. The van der Waals surface area contributed by atoms with E-state index in [0.717, 1.165) is 5.69 Å². The van der Waals surface area contributed by atoms with E-state index in [4.69, 9.17) is 4.74 Å². The molecule has 1 atom stereocenters. The molecule has 1 unspecified atom stereocenters. The third kappa shape index (κ3) is 4.33. The van der Waals surface area contributed by atoms with Crippen molar-refractivity contribution >= 4 is 11.7 Å². The van der Waals surface area contributed by atoms with Crippen LogP contribution in [0.15, 0.2) is 12.1 Å². The van der Waals surface area contributed by atoms with Crippen LogP contribution < -0.4 is 10.6 Å². The minimum absolute atomic E-state index is 0.0191. The van der Waals surface area contributed by atoms with Crippen molar-refractivity contribution < 1.29 is 9.53 Å². The van der Waals surface area contributed by atoms with Crippen molar-refractivity contribution in [3.63, 3.8) is 0 Å². The molecule has 1 aromatic rings. The average molecular weight is 251 g/mol. The van der Waals surface area contributed by atoms with E-state index in [1.54, 1.807) is 19.2 Å². The molecule has 0 bridgehead atoms. The Kier molecular flexibility index (Phi) is 5.58. The minimum Gasteiger partial charge on any atom is -0.377 e. The SMILES string of the molecule is CCOC(C)CNC(=O)c1cc(C)nc(NC)c1. The second-order valence-electron chi connectivity index (χ2n) is 4.11. The Labute approximate surface area is 108 Å². The third-order valence-corrected chi connectivity index (χ3v) is 2.47. The molecule has 100 valence electrons. The summed E-state index contributed by atoms with van der Waals surface area (Å²) in [5.41, 5.74) is 1.42. The Morgan fingerprint density at radius 1 is 1.50 bits per heavy atom. The molecule has 1 heterocycles. The lowest BCUT2D eigenvalue weighted by atomic mass is 10.2. The summed E-state index contributed by atoms with van der Waals surface area (Å²) in [5, 5.41) is 5.77. The molecule has 0 aliphatic heterocycles. The van der Waals surface area contributed by atoms with E-state index in [-0.39, 0.29) is 12.0 Å². The van der Waals surface area contributed by atoms with E-state index < -0.39 is 0 Å². The van der Waals surface area contributed by atoms with E-state index in [9.17, 15) is 4.79 Å². The molecule has 0 fully saturated rings. The van der Waals surface area contributed by atoms with E-state index in [1.165, 1.54) is 0 Å². The van der Waals surface area contributed by atoms with Gasteiger partial charge in [-0.1, -0.05) is 0 Å². The van der Waals surface area contributed by atoms with Gasteiger partial charge in [-0.2, -0.15) is 0 Å². The van der Waals surface area contributed by atoms with Gasteiger partial charge in [0.1, 0.15) is 5.82 Å². The zero-order chi connectivity index (χ0) is 13.5. The fourth-order valence-corrected chi connectivity index (χ4v) is 1.61. The quantitative estimate of drug-likeness (QED) is 0.806. The summed E-state index contributed by atoms with van der Waals surface area (Å²) >= 11 is 0. The number of carbonyl (C=O) groups excluding carboxylic acids is 1. The second-order valence-corrected chi connectivity index (χ2v) is 4.11. The molecular formula is C13H21N3O2. The maximum atomic E-state index is 12.0. The average Bonchev–Trinajstić information content (AvgIpc) is 2.35. The van der Waals surface area contributed by atoms with Crippen LogP contribution in [0.4, 0.5) is 5.82 Å². The molecule has 0 aromatic carbocycles. The van der Waals surface area contributed by atoms with Crippen molar-refractivity contribution in [2.45, 2.75) is 26.9 Å². The number of pyridine rings is 1. The summed E-state index contributed by atoms with van der Waals surface area (Å²) in [6.45, 7) is 6.88. The van der Waals surface area contributed by atoms with Crippen LogP contribution in [0.3, 0.4) is 0 Å². The van der Waals surface area contributed by atoms with Crippen molar-refractivity contribution in [2.24, 2.45) is 0 Å². The fourth-order valence-electron chi connectivity index (χ4n) is 1.61. The Morgan fingerprint density at radius 2 is 2.22 bits per heavy atom. The van der Waals surface area contributed by atoms with Gasteiger partial charge < -0.3 is 15.4 Å². The van der Waals surface area contributed by atoms with Crippen LogP contribution in [0.1, 0.15) is 29.9 Å².